The fourth-order valence-corrected chi connectivity index (χ4v) is 2.49. The van der Waals surface area contributed by atoms with Crippen molar-refractivity contribution in [1.82, 2.24) is 0 Å². The number of esters is 1. The Balaban J connectivity index is 1.75. The number of para-hydroxylation sites is 1. The van der Waals surface area contributed by atoms with Gasteiger partial charge in [-0.3, -0.25) is 4.79 Å². The molecule has 1 atom stereocenters. The van der Waals surface area contributed by atoms with Crippen LogP contribution in [-0.2, 0) is 9.53 Å². The van der Waals surface area contributed by atoms with Crippen LogP contribution in [0.2, 0.25) is 0 Å². The summed E-state index contributed by atoms with van der Waals surface area (Å²) in [6, 6.07) is 17.0. The Kier molecular flexibility index (Phi) is 4.52. The summed E-state index contributed by atoms with van der Waals surface area (Å²) in [6.07, 6.45) is 4.41. The van der Waals surface area contributed by atoms with E-state index in [9.17, 15) is 4.79 Å². The van der Waals surface area contributed by atoms with Crippen LogP contribution in [0.4, 0.5) is 0 Å². The van der Waals surface area contributed by atoms with Gasteiger partial charge in [0, 0.05) is 5.56 Å². The van der Waals surface area contributed by atoms with Gasteiger partial charge in [-0.25, -0.2) is 0 Å². The molecule has 122 valence electrons. The summed E-state index contributed by atoms with van der Waals surface area (Å²) in [5.41, 5.74) is 0.325. The molecule has 0 N–H and O–H groups in total. The molecule has 2 aromatic rings. The largest absolute Gasteiger partial charge is 0.457 e. The van der Waals surface area contributed by atoms with E-state index in [4.69, 9.17) is 9.47 Å². The SMILES string of the molecule is C=CC(OC(=O)C1(C=C)CC1)c1cccc(Oc2ccccc2)c1. The lowest BCUT2D eigenvalue weighted by Gasteiger charge is -2.18. The molecule has 0 spiro atoms. The van der Waals surface area contributed by atoms with Gasteiger partial charge < -0.3 is 9.47 Å². The summed E-state index contributed by atoms with van der Waals surface area (Å²) in [7, 11) is 0. The average Bonchev–Trinajstić information content (AvgIpc) is 3.42. The molecule has 0 aromatic heterocycles. The van der Waals surface area contributed by atoms with Crippen LogP contribution >= 0.6 is 0 Å². The molecule has 24 heavy (non-hydrogen) atoms. The third-order valence-electron chi connectivity index (χ3n) is 4.20. The first-order chi connectivity index (χ1) is 11.7. The number of carbonyl (C=O) groups excluding carboxylic acids is 1. The highest BCUT2D eigenvalue weighted by Crippen LogP contribution is 2.48. The van der Waals surface area contributed by atoms with Crippen LogP contribution in [0.5, 0.6) is 11.5 Å². The van der Waals surface area contributed by atoms with E-state index in [0.29, 0.717) is 5.75 Å². The van der Waals surface area contributed by atoms with E-state index >= 15 is 0 Å². The van der Waals surface area contributed by atoms with E-state index < -0.39 is 11.5 Å². The van der Waals surface area contributed by atoms with Crippen molar-refractivity contribution in [2.75, 3.05) is 0 Å². The molecule has 1 aliphatic carbocycles. The van der Waals surface area contributed by atoms with Crippen LogP contribution in [0.25, 0.3) is 0 Å². The maximum absolute atomic E-state index is 12.3. The Hall–Kier alpha value is -2.81. The van der Waals surface area contributed by atoms with Crippen molar-refractivity contribution in [2.24, 2.45) is 5.41 Å². The molecule has 0 aliphatic heterocycles. The smallest absolute Gasteiger partial charge is 0.316 e. The van der Waals surface area contributed by atoms with Crippen molar-refractivity contribution >= 4 is 5.97 Å². The zero-order valence-corrected chi connectivity index (χ0v) is 13.5. The molecule has 0 bridgehead atoms. The minimum absolute atomic E-state index is 0.239. The standard InChI is InChI=1S/C21H20O3/c1-3-19(24-20(22)21(4-2)13-14-21)16-9-8-12-18(15-16)23-17-10-6-5-7-11-17/h3-12,15,19H,1-2,13-14H2. The van der Waals surface area contributed by atoms with Crippen LogP contribution in [0.3, 0.4) is 0 Å². The Labute approximate surface area is 142 Å². The summed E-state index contributed by atoms with van der Waals surface area (Å²) < 4.78 is 11.5. The molecule has 0 heterocycles. The normalized spacial score (nSPS) is 15.8. The number of hydrogen-bond acceptors (Lipinski definition) is 3. The van der Waals surface area contributed by atoms with E-state index in [1.807, 2.05) is 54.6 Å². The zero-order chi connectivity index (χ0) is 17.0. The molecule has 1 unspecified atom stereocenters. The van der Waals surface area contributed by atoms with Gasteiger partial charge in [0.1, 0.15) is 17.6 Å². The molecule has 3 nitrogen and oxygen atoms in total. The Morgan fingerprint density at radius 2 is 1.75 bits per heavy atom. The molecule has 2 aromatic carbocycles. The topological polar surface area (TPSA) is 35.5 Å². The molecule has 1 fully saturated rings. The highest BCUT2D eigenvalue weighted by Gasteiger charge is 2.49. The van der Waals surface area contributed by atoms with Gasteiger partial charge in [-0.05, 0) is 43.2 Å². The van der Waals surface area contributed by atoms with Crippen molar-refractivity contribution in [3.05, 3.63) is 85.5 Å². The second-order valence-corrected chi connectivity index (χ2v) is 5.91. The Morgan fingerprint density at radius 3 is 2.38 bits per heavy atom. The average molecular weight is 320 g/mol. The summed E-state index contributed by atoms with van der Waals surface area (Å²) in [5, 5.41) is 0. The van der Waals surface area contributed by atoms with Crippen molar-refractivity contribution in [3.8, 4) is 11.5 Å². The van der Waals surface area contributed by atoms with Crippen LogP contribution < -0.4 is 4.74 Å². The highest BCUT2D eigenvalue weighted by molar-refractivity contribution is 5.82. The number of carbonyl (C=O) groups is 1. The minimum Gasteiger partial charge on any atom is -0.457 e. The van der Waals surface area contributed by atoms with Crippen LogP contribution in [0.1, 0.15) is 24.5 Å². The monoisotopic (exact) mass is 320 g/mol. The lowest BCUT2D eigenvalue weighted by Crippen LogP contribution is -2.19. The van der Waals surface area contributed by atoms with E-state index in [0.717, 1.165) is 24.2 Å². The van der Waals surface area contributed by atoms with Crippen LogP contribution in [0, 0.1) is 5.41 Å². The summed E-state index contributed by atoms with van der Waals surface area (Å²) in [5.74, 6) is 1.20. The molecule has 1 saturated carbocycles. The first kappa shape index (κ1) is 16.1. The predicted molar refractivity (Wildman–Crippen MR) is 93.9 cm³/mol. The Morgan fingerprint density at radius 1 is 1.04 bits per heavy atom. The van der Waals surface area contributed by atoms with Gasteiger partial charge in [-0.1, -0.05) is 43.0 Å². The molecular formula is C21H20O3. The van der Waals surface area contributed by atoms with E-state index in [1.54, 1.807) is 12.2 Å². The summed E-state index contributed by atoms with van der Waals surface area (Å²) >= 11 is 0. The second kappa shape index (κ2) is 6.75. The number of ether oxygens (including phenoxy) is 2. The summed E-state index contributed by atoms with van der Waals surface area (Å²) in [4.78, 5) is 12.3. The molecule has 0 amide bonds. The first-order valence-electron chi connectivity index (χ1n) is 7.97. The van der Waals surface area contributed by atoms with E-state index in [-0.39, 0.29) is 5.97 Å². The molecule has 1 aliphatic rings. The molecular weight excluding hydrogens is 300 g/mol. The molecule has 0 radical (unpaired) electrons. The van der Waals surface area contributed by atoms with Gasteiger partial charge in [0.25, 0.3) is 0 Å². The van der Waals surface area contributed by atoms with Gasteiger partial charge in [0.05, 0.1) is 5.41 Å². The third-order valence-corrected chi connectivity index (χ3v) is 4.20. The maximum Gasteiger partial charge on any atom is 0.316 e. The van der Waals surface area contributed by atoms with Crippen molar-refractivity contribution in [2.45, 2.75) is 18.9 Å². The van der Waals surface area contributed by atoms with Crippen molar-refractivity contribution < 1.29 is 14.3 Å². The zero-order valence-electron chi connectivity index (χ0n) is 13.5. The fourth-order valence-electron chi connectivity index (χ4n) is 2.49. The van der Waals surface area contributed by atoms with Crippen molar-refractivity contribution in [3.63, 3.8) is 0 Å². The molecule has 3 heteroatoms. The predicted octanol–water partition coefficient (Wildman–Crippen LogP) is 5.22. The van der Waals surface area contributed by atoms with E-state index in [2.05, 4.69) is 13.2 Å². The number of benzene rings is 2. The quantitative estimate of drug-likeness (QED) is 0.518. The summed E-state index contributed by atoms with van der Waals surface area (Å²) in [6.45, 7) is 7.52. The van der Waals surface area contributed by atoms with Gasteiger partial charge in [-0.15, -0.1) is 6.58 Å². The molecule has 3 rings (SSSR count). The number of rotatable bonds is 7. The van der Waals surface area contributed by atoms with Crippen LogP contribution in [0.15, 0.2) is 79.9 Å². The Bertz CT molecular complexity index is 745. The highest BCUT2D eigenvalue weighted by atomic mass is 16.5. The minimum atomic E-state index is -0.505. The second-order valence-electron chi connectivity index (χ2n) is 5.91. The van der Waals surface area contributed by atoms with Crippen molar-refractivity contribution in [1.29, 1.82) is 0 Å². The van der Waals surface area contributed by atoms with Crippen LogP contribution in [-0.4, -0.2) is 5.97 Å². The van der Waals surface area contributed by atoms with Gasteiger partial charge in [0.2, 0.25) is 0 Å². The first-order valence-corrected chi connectivity index (χ1v) is 7.97. The maximum atomic E-state index is 12.3. The van der Waals surface area contributed by atoms with Gasteiger partial charge >= 0.3 is 5.97 Å². The molecule has 0 saturated heterocycles. The fraction of sp³-hybridized carbons (Fsp3) is 0.190. The lowest BCUT2D eigenvalue weighted by atomic mass is 10.1. The lowest BCUT2D eigenvalue weighted by molar-refractivity contribution is -0.151. The number of hydrogen-bond donors (Lipinski definition) is 0. The van der Waals surface area contributed by atoms with Gasteiger partial charge in [-0.2, -0.15) is 0 Å². The van der Waals surface area contributed by atoms with E-state index in [1.165, 1.54) is 0 Å². The third kappa shape index (κ3) is 3.40. The van der Waals surface area contributed by atoms with Gasteiger partial charge in [0.15, 0.2) is 0 Å².